The number of rotatable bonds is 0. The summed E-state index contributed by atoms with van der Waals surface area (Å²) in [5.74, 6) is 0.522. The van der Waals surface area contributed by atoms with Gasteiger partial charge in [0.2, 0.25) is 5.60 Å². The van der Waals surface area contributed by atoms with Crippen LogP contribution >= 0.6 is 11.6 Å². The van der Waals surface area contributed by atoms with Crippen molar-refractivity contribution in [1.29, 1.82) is 0 Å². The van der Waals surface area contributed by atoms with Crippen molar-refractivity contribution < 1.29 is 14.3 Å². The van der Waals surface area contributed by atoms with E-state index < -0.39 is 5.60 Å². The zero-order valence-electron chi connectivity index (χ0n) is 8.83. The monoisotopic (exact) mass is 238 g/mol. The average Bonchev–Trinajstić information content (AvgIpc) is 2.53. The van der Waals surface area contributed by atoms with Gasteiger partial charge in [-0.05, 0) is 31.5 Å². The van der Waals surface area contributed by atoms with Crippen LogP contribution in [-0.2, 0) is 9.53 Å². The van der Waals surface area contributed by atoms with Gasteiger partial charge < -0.3 is 9.47 Å². The summed E-state index contributed by atoms with van der Waals surface area (Å²) in [5.41, 5.74) is 0.150. The minimum Gasteiger partial charge on any atom is -0.475 e. The SMILES string of the molecule is C[C@@]12Oc3ccc(Cl)cc3[C@@H]1CCOC2=O. The van der Waals surface area contributed by atoms with Crippen molar-refractivity contribution in [3.05, 3.63) is 28.8 Å². The summed E-state index contributed by atoms with van der Waals surface area (Å²) in [6.07, 6.45) is 0.787. The molecule has 1 aromatic carbocycles. The van der Waals surface area contributed by atoms with Crippen molar-refractivity contribution in [2.24, 2.45) is 0 Å². The average molecular weight is 239 g/mol. The molecular formula is C12H11ClO3. The molecule has 2 atom stereocenters. The maximum atomic E-state index is 11.8. The van der Waals surface area contributed by atoms with E-state index in [-0.39, 0.29) is 11.9 Å². The molecule has 2 aliphatic rings. The highest BCUT2D eigenvalue weighted by Crippen LogP contribution is 2.49. The number of esters is 1. The molecule has 0 spiro atoms. The zero-order chi connectivity index (χ0) is 11.3. The van der Waals surface area contributed by atoms with E-state index in [1.165, 1.54) is 0 Å². The largest absolute Gasteiger partial charge is 0.475 e. The number of cyclic esters (lactones) is 1. The van der Waals surface area contributed by atoms with Gasteiger partial charge in [-0.25, -0.2) is 4.79 Å². The molecule has 84 valence electrons. The van der Waals surface area contributed by atoms with Crippen LogP contribution in [0.2, 0.25) is 5.02 Å². The highest BCUT2D eigenvalue weighted by molar-refractivity contribution is 6.30. The standard InChI is InChI=1S/C12H11ClO3/c1-12-9(4-5-15-11(12)14)8-6-7(13)2-3-10(8)16-12/h2-3,6,9H,4-5H2,1H3/t9-,12+/m0/s1. The molecule has 1 saturated heterocycles. The second-order valence-corrected chi connectivity index (χ2v) is 4.80. The van der Waals surface area contributed by atoms with E-state index in [0.717, 1.165) is 17.7 Å². The van der Waals surface area contributed by atoms with Crippen molar-refractivity contribution in [1.82, 2.24) is 0 Å². The number of benzene rings is 1. The molecular weight excluding hydrogens is 228 g/mol. The van der Waals surface area contributed by atoms with E-state index in [0.29, 0.717) is 11.6 Å². The number of carbonyl (C=O) groups is 1. The van der Waals surface area contributed by atoms with Crippen molar-refractivity contribution in [2.75, 3.05) is 6.61 Å². The molecule has 16 heavy (non-hydrogen) atoms. The predicted octanol–water partition coefficient (Wildman–Crippen LogP) is 2.52. The van der Waals surface area contributed by atoms with Crippen LogP contribution in [0.25, 0.3) is 0 Å². The maximum Gasteiger partial charge on any atom is 0.350 e. The Morgan fingerprint density at radius 2 is 2.31 bits per heavy atom. The summed E-state index contributed by atoms with van der Waals surface area (Å²) in [6.45, 7) is 2.24. The van der Waals surface area contributed by atoms with Crippen LogP contribution in [0.5, 0.6) is 5.75 Å². The Bertz CT molecular complexity index is 471. The van der Waals surface area contributed by atoms with Crippen molar-refractivity contribution in [2.45, 2.75) is 24.9 Å². The second-order valence-electron chi connectivity index (χ2n) is 4.37. The van der Waals surface area contributed by atoms with Crippen LogP contribution in [0.15, 0.2) is 18.2 Å². The summed E-state index contributed by atoms with van der Waals surface area (Å²) in [5, 5.41) is 0.672. The van der Waals surface area contributed by atoms with E-state index in [9.17, 15) is 4.79 Å². The molecule has 0 radical (unpaired) electrons. The highest BCUT2D eigenvalue weighted by atomic mass is 35.5. The first-order valence-electron chi connectivity index (χ1n) is 5.27. The number of halogens is 1. The highest BCUT2D eigenvalue weighted by Gasteiger charge is 2.53. The lowest BCUT2D eigenvalue weighted by Crippen LogP contribution is -2.48. The molecule has 2 heterocycles. The molecule has 0 aromatic heterocycles. The third-order valence-corrected chi connectivity index (χ3v) is 3.61. The molecule has 0 saturated carbocycles. The Hall–Kier alpha value is -1.22. The van der Waals surface area contributed by atoms with Gasteiger partial charge in [-0.3, -0.25) is 0 Å². The Morgan fingerprint density at radius 1 is 1.50 bits per heavy atom. The maximum absolute atomic E-state index is 11.8. The van der Waals surface area contributed by atoms with Gasteiger partial charge in [0.25, 0.3) is 0 Å². The Morgan fingerprint density at radius 3 is 3.12 bits per heavy atom. The van der Waals surface area contributed by atoms with Crippen LogP contribution in [0, 0.1) is 0 Å². The van der Waals surface area contributed by atoms with Crippen LogP contribution in [0.4, 0.5) is 0 Å². The van der Waals surface area contributed by atoms with E-state index >= 15 is 0 Å². The number of hydrogen-bond donors (Lipinski definition) is 0. The van der Waals surface area contributed by atoms with Crippen molar-refractivity contribution in [3.8, 4) is 5.75 Å². The van der Waals surface area contributed by atoms with Crippen LogP contribution in [-0.4, -0.2) is 18.2 Å². The molecule has 0 unspecified atom stereocenters. The van der Waals surface area contributed by atoms with Gasteiger partial charge in [-0.1, -0.05) is 11.6 Å². The summed E-state index contributed by atoms with van der Waals surface area (Å²) in [6, 6.07) is 5.46. The molecule has 3 rings (SSSR count). The first-order valence-corrected chi connectivity index (χ1v) is 5.65. The van der Waals surface area contributed by atoms with Gasteiger partial charge >= 0.3 is 5.97 Å². The number of fused-ring (bicyclic) bond motifs is 3. The second kappa shape index (κ2) is 3.14. The van der Waals surface area contributed by atoms with Crippen molar-refractivity contribution >= 4 is 17.6 Å². The van der Waals surface area contributed by atoms with Crippen LogP contribution < -0.4 is 4.74 Å². The minimum atomic E-state index is -0.870. The minimum absolute atomic E-state index is 0.0578. The number of hydrogen-bond acceptors (Lipinski definition) is 3. The Kier molecular flexibility index (Phi) is 1.96. The van der Waals surface area contributed by atoms with Gasteiger partial charge in [-0.2, -0.15) is 0 Å². The molecule has 1 aromatic rings. The topological polar surface area (TPSA) is 35.5 Å². The fourth-order valence-electron chi connectivity index (χ4n) is 2.51. The number of ether oxygens (including phenoxy) is 2. The van der Waals surface area contributed by atoms with Crippen molar-refractivity contribution in [3.63, 3.8) is 0 Å². The van der Waals surface area contributed by atoms with Crippen LogP contribution in [0.3, 0.4) is 0 Å². The summed E-state index contributed by atoms with van der Waals surface area (Å²) in [7, 11) is 0. The summed E-state index contributed by atoms with van der Waals surface area (Å²) >= 11 is 5.96. The smallest absolute Gasteiger partial charge is 0.350 e. The fourth-order valence-corrected chi connectivity index (χ4v) is 2.69. The lowest BCUT2D eigenvalue weighted by Gasteiger charge is -2.32. The quantitative estimate of drug-likeness (QED) is 0.652. The zero-order valence-corrected chi connectivity index (χ0v) is 9.58. The Labute approximate surface area is 98.3 Å². The van der Waals surface area contributed by atoms with Gasteiger partial charge in [0, 0.05) is 16.5 Å². The first-order chi connectivity index (χ1) is 7.61. The molecule has 2 aliphatic heterocycles. The fraction of sp³-hybridized carbons (Fsp3) is 0.417. The molecule has 0 amide bonds. The lowest BCUT2D eigenvalue weighted by molar-refractivity contribution is -0.167. The van der Waals surface area contributed by atoms with Gasteiger partial charge in [0.05, 0.1) is 6.61 Å². The summed E-state index contributed by atoms with van der Waals surface area (Å²) in [4.78, 5) is 11.8. The molecule has 0 N–H and O–H groups in total. The third-order valence-electron chi connectivity index (χ3n) is 3.38. The lowest BCUT2D eigenvalue weighted by atomic mass is 9.82. The van der Waals surface area contributed by atoms with Crippen LogP contribution in [0.1, 0.15) is 24.8 Å². The van der Waals surface area contributed by atoms with Gasteiger partial charge in [0.1, 0.15) is 5.75 Å². The molecule has 3 nitrogen and oxygen atoms in total. The molecule has 4 heteroatoms. The molecule has 1 fully saturated rings. The van der Waals surface area contributed by atoms with E-state index in [4.69, 9.17) is 21.1 Å². The Balaban J connectivity index is 2.12. The van der Waals surface area contributed by atoms with Gasteiger partial charge in [0.15, 0.2) is 0 Å². The first kappa shape index (κ1) is 9.97. The summed E-state index contributed by atoms with van der Waals surface area (Å²) < 4.78 is 10.8. The number of carbonyl (C=O) groups excluding carboxylic acids is 1. The third kappa shape index (κ3) is 1.18. The van der Waals surface area contributed by atoms with E-state index in [1.807, 2.05) is 12.1 Å². The molecule has 0 bridgehead atoms. The van der Waals surface area contributed by atoms with E-state index in [2.05, 4.69) is 0 Å². The predicted molar refractivity (Wildman–Crippen MR) is 58.8 cm³/mol. The normalized spacial score (nSPS) is 31.4. The van der Waals surface area contributed by atoms with Gasteiger partial charge in [-0.15, -0.1) is 0 Å². The molecule has 0 aliphatic carbocycles. The van der Waals surface area contributed by atoms with E-state index in [1.54, 1.807) is 13.0 Å².